The predicted molar refractivity (Wildman–Crippen MR) is 139 cm³/mol. The number of ether oxygens (including phenoxy) is 1. The largest absolute Gasteiger partial charge is 0.388 e. The summed E-state index contributed by atoms with van der Waals surface area (Å²) in [5.41, 5.74) is 5.01. The molecule has 1 aliphatic heterocycles. The van der Waals surface area contributed by atoms with Crippen LogP contribution in [0.1, 0.15) is 60.0 Å². The van der Waals surface area contributed by atoms with Crippen LogP contribution < -0.4 is 0 Å². The van der Waals surface area contributed by atoms with Crippen LogP contribution in [0.2, 0.25) is 0 Å². The van der Waals surface area contributed by atoms with Crippen LogP contribution in [0.25, 0.3) is 0 Å². The molecule has 1 aliphatic rings. The second kappa shape index (κ2) is 15.6. The molecule has 1 fully saturated rings. The maximum absolute atomic E-state index is 13.0. The van der Waals surface area contributed by atoms with Gasteiger partial charge in [0.05, 0.1) is 17.4 Å². The molecule has 1 saturated heterocycles. The maximum Gasteiger partial charge on any atom is 0.254 e. The van der Waals surface area contributed by atoms with Crippen molar-refractivity contribution in [3.05, 3.63) is 57.9 Å². The number of thioether (sulfide) groups is 1. The van der Waals surface area contributed by atoms with Crippen LogP contribution in [-0.4, -0.2) is 58.7 Å². The quantitative estimate of drug-likeness (QED) is 0.296. The standard InChI is InChI=1S/C20H26N2OS2.C3H4N2O.C2H6O/c1-3-4-10-25-19-8-7-16(11-15(19)2)20(23)22-9-5-6-18(22)12-17-13-24-14-21-17;1-3-2-4-5-6-3;1-3-2/h7-8,11,13-14,18H,3-6,9-10,12H2,1-2H3;2H,1H3;1-2H3. The average Bonchev–Trinajstić information content (AvgIpc) is 3.60. The summed E-state index contributed by atoms with van der Waals surface area (Å²) in [6.45, 7) is 6.98. The minimum Gasteiger partial charge on any atom is -0.388 e. The van der Waals surface area contributed by atoms with Gasteiger partial charge >= 0.3 is 0 Å². The van der Waals surface area contributed by atoms with E-state index in [4.69, 9.17) is 0 Å². The Morgan fingerprint density at radius 3 is 2.68 bits per heavy atom. The van der Waals surface area contributed by atoms with E-state index in [1.807, 2.05) is 23.3 Å². The van der Waals surface area contributed by atoms with Crippen molar-refractivity contribution in [2.24, 2.45) is 0 Å². The molecule has 1 atom stereocenters. The van der Waals surface area contributed by atoms with Crippen molar-refractivity contribution < 1.29 is 14.1 Å². The molecule has 0 spiro atoms. The van der Waals surface area contributed by atoms with E-state index >= 15 is 0 Å². The van der Waals surface area contributed by atoms with Gasteiger partial charge in [-0.3, -0.25) is 4.79 Å². The molecule has 0 saturated carbocycles. The molecule has 1 unspecified atom stereocenters. The molecule has 1 aromatic carbocycles. The molecule has 186 valence electrons. The number of hydrogen-bond acceptors (Lipinski definition) is 8. The zero-order valence-corrected chi connectivity index (χ0v) is 22.5. The van der Waals surface area contributed by atoms with E-state index in [1.54, 1.807) is 38.7 Å². The first-order valence-corrected chi connectivity index (χ1v) is 13.5. The molecule has 34 heavy (non-hydrogen) atoms. The molecule has 0 radical (unpaired) electrons. The number of carbonyl (C=O) groups excluding carboxylic acids is 1. The second-order valence-electron chi connectivity index (χ2n) is 8.10. The predicted octanol–water partition coefficient (Wildman–Crippen LogP) is 5.83. The Hall–Kier alpha value is -2.23. The Bertz CT molecular complexity index is 949. The topological polar surface area (TPSA) is 81.4 Å². The highest BCUT2D eigenvalue weighted by molar-refractivity contribution is 7.99. The number of nitrogens with zero attached hydrogens (tertiary/aromatic N) is 4. The lowest BCUT2D eigenvalue weighted by molar-refractivity contribution is 0.0736. The zero-order chi connectivity index (χ0) is 24.8. The fraction of sp³-hybridized carbons (Fsp3) is 0.520. The van der Waals surface area contributed by atoms with Gasteiger partial charge in [0.15, 0.2) is 5.76 Å². The van der Waals surface area contributed by atoms with E-state index in [1.165, 1.54) is 23.3 Å². The van der Waals surface area contributed by atoms with E-state index in [9.17, 15) is 4.79 Å². The van der Waals surface area contributed by atoms with Gasteiger partial charge in [0.2, 0.25) is 0 Å². The highest BCUT2D eigenvalue weighted by Crippen LogP contribution is 2.27. The van der Waals surface area contributed by atoms with Crippen LogP contribution >= 0.6 is 23.1 Å². The summed E-state index contributed by atoms with van der Waals surface area (Å²) in [6, 6.07) is 6.47. The van der Waals surface area contributed by atoms with Crippen LogP contribution in [0, 0.1) is 13.8 Å². The number of benzene rings is 1. The molecule has 0 N–H and O–H groups in total. The lowest BCUT2D eigenvalue weighted by Gasteiger charge is -2.24. The maximum atomic E-state index is 13.0. The van der Waals surface area contributed by atoms with Gasteiger partial charge in [-0.2, -0.15) is 0 Å². The van der Waals surface area contributed by atoms with Crippen LogP contribution in [-0.2, 0) is 11.2 Å². The van der Waals surface area contributed by atoms with Crippen molar-refractivity contribution in [1.82, 2.24) is 20.3 Å². The molecule has 3 aromatic rings. The molecule has 3 heterocycles. The van der Waals surface area contributed by atoms with Gasteiger partial charge in [-0.15, -0.1) is 28.2 Å². The van der Waals surface area contributed by atoms with Crippen molar-refractivity contribution in [1.29, 1.82) is 0 Å². The SMILES string of the molecule is CCCCSc1ccc(C(=O)N2CCCC2Cc2cscn2)cc1C.COC.Cc1cnno1. The summed E-state index contributed by atoms with van der Waals surface area (Å²) in [6.07, 6.45) is 7.05. The summed E-state index contributed by atoms with van der Waals surface area (Å²) in [5.74, 6) is 2.06. The number of aromatic nitrogens is 3. The first kappa shape index (κ1) is 28.0. The molecule has 4 rings (SSSR count). The summed E-state index contributed by atoms with van der Waals surface area (Å²) < 4.78 is 8.72. The summed E-state index contributed by atoms with van der Waals surface area (Å²) >= 11 is 3.52. The van der Waals surface area contributed by atoms with E-state index in [2.05, 4.69) is 60.9 Å². The number of hydrogen-bond donors (Lipinski definition) is 0. The Labute approximate surface area is 211 Å². The normalized spacial score (nSPS) is 14.7. The monoisotopic (exact) mass is 504 g/mol. The van der Waals surface area contributed by atoms with Gasteiger partial charge in [-0.1, -0.05) is 13.3 Å². The van der Waals surface area contributed by atoms with Gasteiger partial charge in [0.25, 0.3) is 5.91 Å². The molecule has 1 amide bonds. The van der Waals surface area contributed by atoms with E-state index < -0.39 is 0 Å². The number of unbranched alkanes of at least 4 members (excludes halogenated alkanes) is 1. The van der Waals surface area contributed by atoms with Gasteiger partial charge in [-0.05, 0) is 62.6 Å². The second-order valence-corrected chi connectivity index (χ2v) is 9.95. The summed E-state index contributed by atoms with van der Waals surface area (Å²) in [7, 11) is 3.25. The molecular formula is C25H36N4O3S2. The third kappa shape index (κ3) is 9.19. The highest BCUT2D eigenvalue weighted by Gasteiger charge is 2.30. The minimum atomic E-state index is 0.172. The van der Waals surface area contributed by atoms with Gasteiger partial charge < -0.3 is 14.2 Å². The number of aryl methyl sites for hydroxylation is 2. The Morgan fingerprint density at radius 2 is 2.12 bits per heavy atom. The fourth-order valence-electron chi connectivity index (χ4n) is 3.55. The van der Waals surface area contributed by atoms with Crippen molar-refractivity contribution in [3.63, 3.8) is 0 Å². The fourth-order valence-corrected chi connectivity index (χ4v) is 5.22. The number of likely N-dealkylation sites (tertiary alicyclic amines) is 1. The molecule has 7 nitrogen and oxygen atoms in total. The van der Waals surface area contributed by atoms with Crippen molar-refractivity contribution in [2.45, 2.75) is 63.8 Å². The van der Waals surface area contributed by atoms with Gasteiger partial charge in [0, 0.05) is 54.3 Å². The van der Waals surface area contributed by atoms with Crippen LogP contribution in [0.5, 0.6) is 0 Å². The Balaban J connectivity index is 0.000000383. The number of rotatable bonds is 7. The number of carbonyl (C=O) groups is 1. The molecular weight excluding hydrogens is 468 g/mol. The van der Waals surface area contributed by atoms with Gasteiger partial charge in [-0.25, -0.2) is 4.98 Å². The third-order valence-corrected chi connectivity index (χ3v) is 7.11. The van der Waals surface area contributed by atoms with Crippen molar-refractivity contribution in [3.8, 4) is 0 Å². The van der Waals surface area contributed by atoms with Crippen molar-refractivity contribution in [2.75, 3.05) is 26.5 Å². The third-order valence-electron chi connectivity index (χ3n) is 5.22. The number of amides is 1. The van der Waals surface area contributed by atoms with E-state index in [0.29, 0.717) is 0 Å². The molecule has 2 aromatic heterocycles. The Kier molecular flexibility index (Phi) is 12.9. The average molecular weight is 505 g/mol. The van der Waals surface area contributed by atoms with Crippen molar-refractivity contribution >= 4 is 29.0 Å². The van der Waals surface area contributed by atoms with E-state index in [-0.39, 0.29) is 11.9 Å². The summed E-state index contributed by atoms with van der Waals surface area (Å²) in [4.78, 5) is 20.7. The lowest BCUT2D eigenvalue weighted by atomic mass is 10.1. The van der Waals surface area contributed by atoms with Crippen LogP contribution in [0.3, 0.4) is 0 Å². The zero-order valence-electron chi connectivity index (χ0n) is 20.8. The smallest absolute Gasteiger partial charge is 0.254 e. The summed E-state index contributed by atoms with van der Waals surface area (Å²) in [5, 5.41) is 8.69. The first-order chi connectivity index (χ1) is 16.5. The minimum absolute atomic E-state index is 0.172. The highest BCUT2D eigenvalue weighted by atomic mass is 32.2. The molecule has 0 aliphatic carbocycles. The van der Waals surface area contributed by atoms with Crippen LogP contribution in [0.4, 0.5) is 0 Å². The number of methoxy groups -OCH3 is 1. The van der Waals surface area contributed by atoms with Gasteiger partial charge in [0.1, 0.15) is 0 Å². The van der Waals surface area contributed by atoms with E-state index in [0.717, 1.165) is 48.6 Å². The molecule has 0 bridgehead atoms. The molecule has 9 heteroatoms. The number of thiazole rings is 1. The lowest BCUT2D eigenvalue weighted by Crippen LogP contribution is -2.36. The van der Waals surface area contributed by atoms with Crippen LogP contribution in [0.15, 0.2) is 44.7 Å². The Morgan fingerprint density at radius 1 is 1.32 bits per heavy atom. The first-order valence-electron chi connectivity index (χ1n) is 11.6.